The number of oxime groups is 1. The molecule has 0 aromatic rings. The molecule has 2 unspecified atom stereocenters. The molecule has 0 aliphatic carbocycles. The summed E-state index contributed by atoms with van der Waals surface area (Å²) in [5, 5.41) is 4.11. The molecule has 0 N–H and O–H groups in total. The molecule has 6 heteroatoms. The Morgan fingerprint density at radius 2 is 2.46 bits per heavy atom. The largest absolute Gasteiger partial charge is 0.310 e. The number of hydrogen-bond acceptors (Lipinski definition) is 6. The van der Waals surface area contributed by atoms with E-state index in [1.165, 1.54) is 39.5 Å². The SMILES string of the molecule is CN1C2CCC1/C(=N\OSSS)C2. The average Bonchev–Trinajstić information content (AvgIpc) is 2.62. The zero-order valence-corrected chi connectivity index (χ0v) is 9.87. The molecule has 0 spiro atoms. The maximum absolute atomic E-state index is 5.03. The number of fused-ring (bicyclic) bond motifs is 2. The zero-order chi connectivity index (χ0) is 9.26. The molecule has 0 aromatic heterocycles. The Labute approximate surface area is 91.1 Å². The minimum absolute atomic E-state index is 0.538. The van der Waals surface area contributed by atoms with Crippen molar-refractivity contribution in [3.05, 3.63) is 0 Å². The Morgan fingerprint density at radius 1 is 1.62 bits per heavy atom. The van der Waals surface area contributed by atoms with E-state index < -0.39 is 0 Å². The van der Waals surface area contributed by atoms with Crippen LogP contribution in [-0.2, 0) is 4.28 Å². The van der Waals surface area contributed by atoms with Crippen LogP contribution in [0.2, 0.25) is 0 Å². The second kappa shape index (κ2) is 4.33. The number of nitrogens with zero attached hydrogens (tertiary/aromatic N) is 2. The summed E-state index contributed by atoms with van der Waals surface area (Å²) < 4.78 is 5.03. The van der Waals surface area contributed by atoms with Gasteiger partial charge in [0.2, 0.25) is 0 Å². The van der Waals surface area contributed by atoms with Gasteiger partial charge in [0, 0.05) is 22.3 Å². The molecule has 0 amide bonds. The third-order valence-corrected chi connectivity index (χ3v) is 3.99. The Bertz CT molecular complexity index is 224. The number of hydrogen-bond donors (Lipinski definition) is 1. The third-order valence-electron chi connectivity index (χ3n) is 2.89. The Morgan fingerprint density at radius 3 is 3.00 bits per heavy atom. The lowest BCUT2D eigenvalue weighted by Crippen LogP contribution is -2.25. The van der Waals surface area contributed by atoms with Gasteiger partial charge < -0.3 is 4.28 Å². The van der Waals surface area contributed by atoms with E-state index in [4.69, 9.17) is 4.28 Å². The second-order valence-corrected chi connectivity index (χ2v) is 6.05. The lowest BCUT2D eigenvalue weighted by molar-refractivity contribution is 0.323. The highest BCUT2D eigenvalue weighted by atomic mass is 33.5. The molecule has 2 aliphatic rings. The van der Waals surface area contributed by atoms with Crippen molar-refractivity contribution in [3.8, 4) is 0 Å². The van der Waals surface area contributed by atoms with E-state index in [0.29, 0.717) is 12.1 Å². The summed E-state index contributed by atoms with van der Waals surface area (Å²) in [7, 11) is 3.45. The van der Waals surface area contributed by atoms with Gasteiger partial charge in [-0.3, -0.25) is 4.90 Å². The summed E-state index contributed by atoms with van der Waals surface area (Å²) in [6.45, 7) is 0. The van der Waals surface area contributed by atoms with Gasteiger partial charge in [0.05, 0.1) is 11.8 Å². The molecule has 0 aromatic carbocycles. The van der Waals surface area contributed by atoms with Crippen LogP contribution >= 0.6 is 32.6 Å². The van der Waals surface area contributed by atoms with Crippen molar-refractivity contribution < 1.29 is 4.28 Å². The van der Waals surface area contributed by atoms with Gasteiger partial charge in [-0.1, -0.05) is 16.8 Å². The summed E-state index contributed by atoms with van der Waals surface area (Å²) in [5.41, 5.74) is 1.20. The minimum Gasteiger partial charge on any atom is -0.310 e. The van der Waals surface area contributed by atoms with Gasteiger partial charge in [0.15, 0.2) is 11.1 Å². The molecular weight excluding hydrogens is 224 g/mol. The second-order valence-electron chi connectivity index (χ2n) is 3.42. The highest BCUT2D eigenvalue weighted by Crippen LogP contribution is 2.35. The first-order chi connectivity index (χ1) is 6.33. The molecule has 2 fully saturated rings. The van der Waals surface area contributed by atoms with Crippen LogP contribution in [0.15, 0.2) is 5.16 Å². The summed E-state index contributed by atoms with van der Waals surface area (Å²) in [6.07, 6.45) is 3.63. The first-order valence-electron chi connectivity index (χ1n) is 4.25. The minimum atomic E-state index is 0.538. The van der Waals surface area contributed by atoms with Gasteiger partial charge in [-0.2, -0.15) is 0 Å². The summed E-state index contributed by atoms with van der Waals surface area (Å²) in [4.78, 5) is 2.40. The molecule has 13 heavy (non-hydrogen) atoms. The van der Waals surface area contributed by atoms with E-state index in [0.717, 1.165) is 6.42 Å². The molecule has 2 heterocycles. The molecule has 2 aliphatic heterocycles. The Hall–Kier alpha value is 0.480. The van der Waals surface area contributed by atoms with Gasteiger partial charge >= 0.3 is 0 Å². The fourth-order valence-electron chi connectivity index (χ4n) is 2.21. The summed E-state index contributed by atoms with van der Waals surface area (Å²) >= 11 is 5.14. The molecule has 0 radical (unpaired) electrons. The van der Waals surface area contributed by atoms with E-state index >= 15 is 0 Å². The highest BCUT2D eigenvalue weighted by Gasteiger charge is 2.42. The smallest absolute Gasteiger partial charge is 0.170 e. The maximum Gasteiger partial charge on any atom is 0.170 e. The zero-order valence-electron chi connectivity index (χ0n) is 7.34. The lowest BCUT2D eigenvalue weighted by Gasteiger charge is -2.12. The van der Waals surface area contributed by atoms with Gasteiger partial charge in [0.25, 0.3) is 0 Å². The maximum atomic E-state index is 5.03. The average molecular weight is 236 g/mol. The van der Waals surface area contributed by atoms with Crippen molar-refractivity contribution in [1.29, 1.82) is 0 Å². The van der Waals surface area contributed by atoms with Crippen molar-refractivity contribution in [2.45, 2.75) is 31.3 Å². The molecule has 2 saturated heterocycles. The highest BCUT2D eigenvalue weighted by molar-refractivity contribution is 9.04. The van der Waals surface area contributed by atoms with Crippen LogP contribution in [0, 0.1) is 0 Å². The monoisotopic (exact) mass is 236 g/mol. The van der Waals surface area contributed by atoms with Crippen LogP contribution in [0.25, 0.3) is 0 Å². The topological polar surface area (TPSA) is 24.8 Å². The van der Waals surface area contributed by atoms with E-state index in [9.17, 15) is 0 Å². The quantitative estimate of drug-likeness (QED) is 0.267. The van der Waals surface area contributed by atoms with Crippen LogP contribution in [0.5, 0.6) is 0 Å². The van der Waals surface area contributed by atoms with Crippen molar-refractivity contribution in [2.75, 3.05) is 7.05 Å². The summed E-state index contributed by atoms with van der Waals surface area (Å²) in [5.74, 6) is 0. The third kappa shape index (κ3) is 1.95. The predicted molar refractivity (Wildman–Crippen MR) is 61.9 cm³/mol. The van der Waals surface area contributed by atoms with Crippen LogP contribution in [0.4, 0.5) is 0 Å². The number of thiol groups is 1. The molecule has 0 saturated carbocycles. The molecule has 3 nitrogen and oxygen atoms in total. The van der Waals surface area contributed by atoms with Gasteiger partial charge in [-0.15, -0.1) is 0 Å². The molecule has 2 bridgehead atoms. The van der Waals surface area contributed by atoms with Crippen molar-refractivity contribution >= 4 is 38.3 Å². The first-order valence-corrected chi connectivity index (χ1v) is 7.38. The van der Waals surface area contributed by atoms with E-state index in [1.54, 1.807) is 0 Å². The van der Waals surface area contributed by atoms with Gasteiger partial charge in [-0.25, -0.2) is 0 Å². The fraction of sp³-hybridized carbons (Fsp3) is 0.857. The molecule has 2 rings (SSSR count). The van der Waals surface area contributed by atoms with Crippen molar-refractivity contribution in [2.24, 2.45) is 5.16 Å². The molecule has 74 valence electrons. The Balaban J connectivity index is 1.92. The Kier molecular flexibility index (Phi) is 3.34. The van der Waals surface area contributed by atoms with E-state index in [2.05, 4.69) is 28.8 Å². The lowest BCUT2D eigenvalue weighted by atomic mass is 9.99. The first kappa shape index (κ1) is 10.0. The van der Waals surface area contributed by atoms with Crippen LogP contribution in [0.3, 0.4) is 0 Å². The number of rotatable bonds is 3. The van der Waals surface area contributed by atoms with Crippen LogP contribution in [0.1, 0.15) is 19.3 Å². The fourth-order valence-corrected chi connectivity index (χ4v) is 2.78. The standard InChI is InChI=1S/C7H12N2OS3/c1-9-5-2-3-7(9)6(4-5)8-10-12-13-11/h5,7,11H,2-4H2,1H3/b8-6-. The van der Waals surface area contributed by atoms with Crippen LogP contribution in [-0.4, -0.2) is 29.7 Å². The van der Waals surface area contributed by atoms with Gasteiger partial charge in [0.1, 0.15) is 0 Å². The summed E-state index contributed by atoms with van der Waals surface area (Å²) in [6, 6.07) is 1.25. The van der Waals surface area contributed by atoms with Gasteiger partial charge in [-0.05, 0) is 19.9 Å². The van der Waals surface area contributed by atoms with E-state index in [1.807, 2.05) is 0 Å². The van der Waals surface area contributed by atoms with Crippen molar-refractivity contribution in [3.63, 3.8) is 0 Å². The van der Waals surface area contributed by atoms with E-state index in [-0.39, 0.29) is 0 Å². The molecular formula is C7H12N2OS3. The van der Waals surface area contributed by atoms with Crippen LogP contribution < -0.4 is 0 Å². The molecule has 2 atom stereocenters. The predicted octanol–water partition coefficient (Wildman–Crippen LogP) is 2.37. The van der Waals surface area contributed by atoms with Crippen molar-refractivity contribution in [1.82, 2.24) is 4.90 Å². The normalized spacial score (nSPS) is 36.0.